The van der Waals surface area contributed by atoms with Crippen molar-refractivity contribution >= 4 is 5.97 Å². The molecule has 1 aromatic rings. The third kappa shape index (κ3) is 4.28. The zero-order valence-electron chi connectivity index (χ0n) is 9.64. The first-order chi connectivity index (χ1) is 7.91. The number of aliphatic carboxylic acids is 1. The van der Waals surface area contributed by atoms with Gasteiger partial charge in [-0.2, -0.15) is 0 Å². The van der Waals surface area contributed by atoms with E-state index in [4.69, 9.17) is 21.1 Å². The molecule has 0 aliphatic rings. The van der Waals surface area contributed by atoms with Crippen molar-refractivity contribution in [1.82, 2.24) is 0 Å². The number of halogens is 1. The summed E-state index contributed by atoms with van der Waals surface area (Å²) in [7, 11) is 0. The Morgan fingerprint density at radius 3 is 2.29 bits per heavy atom. The summed E-state index contributed by atoms with van der Waals surface area (Å²) in [5.74, 6) is -3.17. The summed E-state index contributed by atoms with van der Waals surface area (Å²) in [6.45, 7) is 4.00. The van der Waals surface area contributed by atoms with Gasteiger partial charge in [-0.05, 0) is 11.6 Å². The highest BCUT2D eigenvalue weighted by atomic mass is 19.1. The number of rotatable bonds is 3. The molecule has 5 nitrogen and oxygen atoms in total. The van der Waals surface area contributed by atoms with E-state index in [1.165, 1.54) is 0 Å². The topological polar surface area (TPSA) is 104 Å². The van der Waals surface area contributed by atoms with Crippen molar-refractivity contribution in [2.45, 2.75) is 26.3 Å². The first-order valence-corrected chi connectivity index (χ1v) is 5.10. The van der Waals surface area contributed by atoms with E-state index in [1.54, 1.807) is 0 Å². The molecule has 1 atom stereocenters. The first-order valence-electron chi connectivity index (χ1n) is 5.10. The number of aromatic hydroxyl groups is 2. The van der Waals surface area contributed by atoms with E-state index in [1.807, 2.05) is 13.8 Å². The molecule has 5 N–H and O–H groups in total. The van der Waals surface area contributed by atoms with Gasteiger partial charge in [0.1, 0.15) is 11.9 Å². The normalized spacial score (nSPS) is 11.3. The molecule has 96 valence electrons. The van der Waals surface area contributed by atoms with E-state index < -0.39 is 29.3 Å². The van der Waals surface area contributed by atoms with Crippen molar-refractivity contribution in [1.29, 1.82) is 0 Å². The fraction of sp³-hybridized carbons (Fsp3) is 0.364. The van der Waals surface area contributed by atoms with Crippen LogP contribution in [-0.4, -0.2) is 27.3 Å². The molecule has 0 saturated heterocycles. The van der Waals surface area contributed by atoms with Gasteiger partial charge in [-0.3, -0.25) is 4.79 Å². The van der Waals surface area contributed by atoms with Crippen LogP contribution >= 0.6 is 0 Å². The molecule has 0 bridgehead atoms. The van der Waals surface area contributed by atoms with Crippen molar-refractivity contribution < 1.29 is 24.5 Å². The molecule has 1 aromatic carbocycles. The van der Waals surface area contributed by atoms with Crippen molar-refractivity contribution in [3.8, 4) is 11.5 Å². The van der Waals surface area contributed by atoms with E-state index in [0.717, 1.165) is 6.07 Å². The van der Waals surface area contributed by atoms with E-state index in [9.17, 15) is 9.18 Å². The predicted molar refractivity (Wildman–Crippen MR) is 60.4 cm³/mol. The predicted octanol–water partition coefficient (Wildman–Crippen LogP) is 1.22. The highest BCUT2D eigenvalue weighted by molar-refractivity contribution is 5.73. The molecule has 0 spiro atoms. The first kappa shape index (κ1) is 15.2. The molecule has 0 heterocycles. The van der Waals surface area contributed by atoms with Gasteiger partial charge in [0.15, 0.2) is 11.5 Å². The Kier molecular flexibility index (Phi) is 5.98. The molecule has 0 fully saturated rings. The lowest BCUT2D eigenvalue weighted by molar-refractivity contribution is -0.138. The lowest BCUT2D eigenvalue weighted by Crippen LogP contribution is -2.32. The average molecular weight is 245 g/mol. The smallest absolute Gasteiger partial charge is 0.320 e. The zero-order valence-corrected chi connectivity index (χ0v) is 9.64. The number of benzene rings is 1. The van der Waals surface area contributed by atoms with Crippen molar-refractivity contribution in [3.05, 3.63) is 23.5 Å². The van der Waals surface area contributed by atoms with Crippen LogP contribution in [-0.2, 0) is 11.2 Å². The number of hydrogen-bond acceptors (Lipinski definition) is 4. The van der Waals surface area contributed by atoms with E-state index >= 15 is 0 Å². The van der Waals surface area contributed by atoms with Crippen molar-refractivity contribution in [2.24, 2.45) is 5.73 Å². The van der Waals surface area contributed by atoms with Crippen LogP contribution in [0.15, 0.2) is 12.1 Å². The zero-order chi connectivity index (χ0) is 13.6. The monoisotopic (exact) mass is 245 g/mol. The van der Waals surface area contributed by atoms with Crippen LogP contribution in [0.4, 0.5) is 4.39 Å². The summed E-state index contributed by atoms with van der Waals surface area (Å²) in [5.41, 5.74) is 5.14. The number of nitrogens with two attached hydrogens (primary N) is 1. The van der Waals surface area contributed by atoms with Gasteiger partial charge in [0, 0.05) is 12.5 Å². The quantitative estimate of drug-likeness (QED) is 0.599. The van der Waals surface area contributed by atoms with Crippen LogP contribution in [0.5, 0.6) is 11.5 Å². The van der Waals surface area contributed by atoms with Crippen LogP contribution in [0.3, 0.4) is 0 Å². The Hall–Kier alpha value is -1.82. The molecule has 6 heteroatoms. The van der Waals surface area contributed by atoms with Gasteiger partial charge in [0.05, 0.1) is 0 Å². The standard InChI is InChI=1S/C9H10FNO4.C2H6/c10-5-3-8(13)7(12)2-4(5)1-6(11)9(14)15;1-2/h2-3,6,12-13H,1,11H2,(H,14,15);1-2H3. The van der Waals surface area contributed by atoms with Crippen LogP contribution in [0.1, 0.15) is 19.4 Å². The fourth-order valence-electron chi connectivity index (χ4n) is 1.08. The molecule has 0 radical (unpaired) electrons. The Balaban J connectivity index is 0.00000121. The maximum atomic E-state index is 13.1. The summed E-state index contributed by atoms with van der Waals surface area (Å²) in [6.07, 6.45) is -0.255. The van der Waals surface area contributed by atoms with Gasteiger partial charge in [0.25, 0.3) is 0 Å². The molecule has 0 amide bonds. The lowest BCUT2D eigenvalue weighted by atomic mass is 10.1. The Labute approximate surface area is 98.3 Å². The Morgan fingerprint density at radius 1 is 1.35 bits per heavy atom. The fourth-order valence-corrected chi connectivity index (χ4v) is 1.08. The minimum atomic E-state index is -1.26. The molecule has 0 saturated carbocycles. The second kappa shape index (κ2) is 6.70. The summed E-state index contributed by atoms with van der Waals surface area (Å²) < 4.78 is 13.1. The number of phenols is 2. The van der Waals surface area contributed by atoms with Gasteiger partial charge in [-0.15, -0.1) is 0 Å². The number of carboxylic acids is 1. The van der Waals surface area contributed by atoms with Crippen LogP contribution in [0, 0.1) is 5.82 Å². The Morgan fingerprint density at radius 2 is 1.82 bits per heavy atom. The summed E-state index contributed by atoms with van der Waals surface area (Å²) in [6, 6.07) is 0.413. The van der Waals surface area contributed by atoms with Gasteiger partial charge in [0.2, 0.25) is 0 Å². The lowest BCUT2D eigenvalue weighted by Gasteiger charge is -2.08. The molecule has 0 aliphatic carbocycles. The maximum absolute atomic E-state index is 13.1. The number of carbonyl (C=O) groups is 1. The largest absolute Gasteiger partial charge is 0.504 e. The van der Waals surface area contributed by atoms with Crippen LogP contribution in [0.2, 0.25) is 0 Å². The average Bonchev–Trinajstić information content (AvgIpc) is 2.28. The highest BCUT2D eigenvalue weighted by Crippen LogP contribution is 2.27. The second-order valence-corrected chi connectivity index (χ2v) is 3.08. The highest BCUT2D eigenvalue weighted by Gasteiger charge is 2.16. The SMILES string of the molecule is CC.NC(Cc1cc(O)c(O)cc1F)C(=O)O. The molecule has 0 aromatic heterocycles. The van der Waals surface area contributed by atoms with E-state index in [-0.39, 0.29) is 12.0 Å². The van der Waals surface area contributed by atoms with Crippen molar-refractivity contribution in [2.75, 3.05) is 0 Å². The van der Waals surface area contributed by atoms with Crippen molar-refractivity contribution in [3.63, 3.8) is 0 Å². The summed E-state index contributed by atoms with van der Waals surface area (Å²) in [5, 5.41) is 26.5. The van der Waals surface area contributed by atoms with E-state index in [2.05, 4.69) is 0 Å². The van der Waals surface area contributed by atoms with E-state index in [0.29, 0.717) is 6.07 Å². The van der Waals surface area contributed by atoms with Crippen LogP contribution in [0.25, 0.3) is 0 Å². The Bertz CT molecular complexity index is 395. The maximum Gasteiger partial charge on any atom is 0.320 e. The van der Waals surface area contributed by atoms with Gasteiger partial charge in [-0.25, -0.2) is 4.39 Å². The minimum absolute atomic E-state index is 0.0554. The van der Waals surface area contributed by atoms with Crippen LogP contribution < -0.4 is 5.73 Å². The van der Waals surface area contributed by atoms with Gasteiger partial charge >= 0.3 is 5.97 Å². The van der Waals surface area contributed by atoms with Gasteiger partial charge in [-0.1, -0.05) is 13.8 Å². The molecular formula is C11H16FNO4. The van der Waals surface area contributed by atoms with Gasteiger partial charge < -0.3 is 21.1 Å². The molecular weight excluding hydrogens is 229 g/mol. The third-order valence-electron chi connectivity index (χ3n) is 1.90. The molecule has 1 rings (SSSR count). The molecule has 0 aliphatic heterocycles. The second-order valence-electron chi connectivity index (χ2n) is 3.08. The summed E-state index contributed by atoms with van der Waals surface area (Å²) in [4.78, 5) is 10.4. The third-order valence-corrected chi connectivity index (χ3v) is 1.90. The number of hydrogen-bond donors (Lipinski definition) is 4. The number of carboxylic acid groups (broad SMARTS) is 1. The molecule has 17 heavy (non-hydrogen) atoms. The summed E-state index contributed by atoms with van der Waals surface area (Å²) >= 11 is 0. The number of phenolic OH excluding ortho intramolecular Hbond substituents is 2. The molecule has 1 unspecified atom stereocenters. The minimum Gasteiger partial charge on any atom is -0.504 e.